The molecular formula is C12H16N2O. The molecular weight excluding hydrogens is 188 g/mol. The van der Waals surface area contributed by atoms with Crippen LogP contribution in [-0.2, 0) is 0 Å². The zero-order valence-electron chi connectivity index (χ0n) is 8.69. The summed E-state index contributed by atoms with van der Waals surface area (Å²) in [5.41, 5.74) is 1.86. The first-order valence-electron chi connectivity index (χ1n) is 5.40. The molecule has 0 aromatic heterocycles. The fraction of sp³-hybridized carbons (Fsp3) is 0.417. The van der Waals surface area contributed by atoms with Crippen molar-refractivity contribution in [1.29, 1.82) is 0 Å². The molecule has 0 amide bonds. The van der Waals surface area contributed by atoms with E-state index in [-0.39, 0.29) is 0 Å². The van der Waals surface area contributed by atoms with Crippen molar-refractivity contribution in [2.24, 2.45) is 11.1 Å². The number of benzene rings is 1. The van der Waals surface area contributed by atoms with Gasteiger partial charge in [0.05, 0.1) is 5.71 Å². The Balaban J connectivity index is 2.17. The fourth-order valence-corrected chi connectivity index (χ4v) is 2.08. The zero-order chi connectivity index (χ0) is 10.5. The third-order valence-electron chi connectivity index (χ3n) is 2.90. The molecule has 1 saturated heterocycles. The minimum absolute atomic E-state index is 0.388. The number of nitrogens with one attached hydrogen (secondary N) is 1. The monoisotopic (exact) mass is 204 g/mol. The van der Waals surface area contributed by atoms with Crippen LogP contribution in [0.25, 0.3) is 0 Å². The Bertz CT molecular complexity index is 329. The molecule has 1 heterocycles. The van der Waals surface area contributed by atoms with Crippen molar-refractivity contribution in [3.63, 3.8) is 0 Å². The van der Waals surface area contributed by atoms with Crippen LogP contribution in [-0.4, -0.2) is 24.0 Å². The van der Waals surface area contributed by atoms with Crippen LogP contribution in [0.2, 0.25) is 0 Å². The Morgan fingerprint density at radius 3 is 2.47 bits per heavy atom. The van der Waals surface area contributed by atoms with E-state index in [4.69, 9.17) is 5.21 Å². The number of hydrogen-bond acceptors (Lipinski definition) is 3. The Morgan fingerprint density at radius 2 is 1.87 bits per heavy atom. The molecule has 1 fully saturated rings. The van der Waals surface area contributed by atoms with Crippen molar-refractivity contribution in [2.75, 3.05) is 13.1 Å². The van der Waals surface area contributed by atoms with Crippen molar-refractivity contribution in [1.82, 2.24) is 5.32 Å². The van der Waals surface area contributed by atoms with Gasteiger partial charge in [-0.3, -0.25) is 0 Å². The van der Waals surface area contributed by atoms with E-state index in [1.165, 1.54) is 0 Å². The van der Waals surface area contributed by atoms with Crippen LogP contribution < -0.4 is 5.32 Å². The van der Waals surface area contributed by atoms with Crippen molar-refractivity contribution < 1.29 is 5.21 Å². The molecule has 0 bridgehead atoms. The lowest BCUT2D eigenvalue weighted by molar-refractivity contribution is 0.311. The molecule has 1 aromatic carbocycles. The molecule has 0 spiro atoms. The Kier molecular flexibility index (Phi) is 3.35. The standard InChI is InChI=1S/C12H16N2O/c15-14-12(10-4-2-1-3-5-10)11-6-8-13-9-7-11/h1-5,11,13,15H,6-9H2/b14-12-. The second-order valence-electron chi connectivity index (χ2n) is 3.88. The highest BCUT2D eigenvalue weighted by Crippen LogP contribution is 2.18. The van der Waals surface area contributed by atoms with Gasteiger partial charge in [-0.05, 0) is 31.5 Å². The average molecular weight is 204 g/mol. The molecule has 0 aliphatic carbocycles. The molecule has 2 N–H and O–H groups in total. The van der Waals surface area contributed by atoms with E-state index < -0.39 is 0 Å². The van der Waals surface area contributed by atoms with Crippen LogP contribution >= 0.6 is 0 Å². The maximum absolute atomic E-state index is 9.10. The minimum Gasteiger partial charge on any atom is -0.411 e. The van der Waals surface area contributed by atoms with Crippen LogP contribution in [0.1, 0.15) is 18.4 Å². The molecule has 80 valence electrons. The number of nitrogens with zero attached hydrogens (tertiary/aromatic N) is 1. The second-order valence-corrected chi connectivity index (χ2v) is 3.88. The molecule has 1 aromatic rings. The van der Waals surface area contributed by atoms with Crippen LogP contribution in [0.4, 0.5) is 0 Å². The summed E-state index contributed by atoms with van der Waals surface area (Å²) in [6, 6.07) is 9.91. The second kappa shape index (κ2) is 4.94. The van der Waals surface area contributed by atoms with Crippen LogP contribution in [0.15, 0.2) is 35.5 Å². The van der Waals surface area contributed by atoms with E-state index in [1.54, 1.807) is 0 Å². The topological polar surface area (TPSA) is 44.6 Å². The van der Waals surface area contributed by atoms with E-state index in [9.17, 15) is 0 Å². The summed E-state index contributed by atoms with van der Waals surface area (Å²) < 4.78 is 0. The van der Waals surface area contributed by atoms with Gasteiger partial charge in [0.1, 0.15) is 0 Å². The summed E-state index contributed by atoms with van der Waals surface area (Å²) in [5.74, 6) is 0.388. The molecule has 15 heavy (non-hydrogen) atoms. The van der Waals surface area contributed by atoms with Crippen LogP contribution in [0, 0.1) is 5.92 Å². The van der Waals surface area contributed by atoms with Gasteiger partial charge in [-0.15, -0.1) is 0 Å². The average Bonchev–Trinajstić information content (AvgIpc) is 2.33. The summed E-state index contributed by atoms with van der Waals surface area (Å²) >= 11 is 0. The highest BCUT2D eigenvalue weighted by atomic mass is 16.4. The molecule has 0 unspecified atom stereocenters. The maximum Gasteiger partial charge on any atom is 0.0899 e. The summed E-state index contributed by atoms with van der Waals surface area (Å²) in [4.78, 5) is 0. The van der Waals surface area contributed by atoms with Gasteiger partial charge in [-0.1, -0.05) is 35.5 Å². The highest BCUT2D eigenvalue weighted by molar-refractivity contribution is 6.01. The minimum atomic E-state index is 0.388. The lowest BCUT2D eigenvalue weighted by Crippen LogP contribution is -2.32. The Morgan fingerprint density at radius 1 is 1.20 bits per heavy atom. The molecule has 3 nitrogen and oxygen atoms in total. The molecule has 2 rings (SSSR count). The van der Waals surface area contributed by atoms with Gasteiger partial charge in [0.15, 0.2) is 0 Å². The predicted molar refractivity (Wildman–Crippen MR) is 60.4 cm³/mol. The van der Waals surface area contributed by atoms with Crippen LogP contribution in [0.3, 0.4) is 0 Å². The first-order valence-corrected chi connectivity index (χ1v) is 5.40. The smallest absolute Gasteiger partial charge is 0.0899 e. The molecule has 1 aliphatic rings. The van der Waals surface area contributed by atoms with Gasteiger partial charge in [0.2, 0.25) is 0 Å². The SMILES string of the molecule is O/N=C(/c1ccccc1)C1CCNCC1. The molecule has 0 radical (unpaired) electrons. The van der Waals surface area contributed by atoms with Crippen molar-refractivity contribution in [3.05, 3.63) is 35.9 Å². The summed E-state index contributed by atoms with van der Waals surface area (Å²) in [6.45, 7) is 2.02. The molecule has 1 aliphatic heterocycles. The third kappa shape index (κ3) is 2.36. The molecule has 3 heteroatoms. The normalized spacial score (nSPS) is 19.1. The first kappa shape index (κ1) is 10.2. The summed E-state index contributed by atoms with van der Waals surface area (Å²) in [6.07, 6.45) is 2.10. The van der Waals surface area contributed by atoms with E-state index in [2.05, 4.69) is 10.5 Å². The van der Waals surface area contributed by atoms with Gasteiger partial charge in [0, 0.05) is 5.92 Å². The van der Waals surface area contributed by atoms with Crippen LogP contribution in [0.5, 0.6) is 0 Å². The fourth-order valence-electron chi connectivity index (χ4n) is 2.08. The van der Waals surface area contributed by atoms with E-state index in [1.807, 2.05) is 30.3 Å². The van der Waals surface area contributed by atoms with Gasteiger partial charge in [0.25, 0.3) is 0 Å². The zero-order valence-corrected chi connectivity index (χ0v) is 8.69. The Labute approximate surface area is 89.8 Å². The summed E-state index contributed by atoms with van der Waals surface area (Å²) in [7, 11) is 0. The molecule has 0 atom stereocenters. The lowest BCUT2D eigenvalue weighted by atomic mass is 9.89. The van der Waals surface area contributed by atoms with Crippen molar-refractivity contribution >= 4 is 5.71 Å². The number of rotatable bonds is 2. The van der Waals surface area contributed by atoms with Crippen molar-refractivity contribution in [2.45, 2.75) is 12.8 Å². The quantitative estimate of drug-likeness (QED) is 0.439. The van der Waals surface area contributed by atoms with Gasteiger partial charge in [-0.25, -0.2) is 0 Å². The van der Waals surface area contributed by atoms with Gasteiger partial charge < -0.3 is 10.5 Å². The third-order valence-corrected chi connectivity index (χ3v) is 2.90. The van der Waals surface area contributed by atoms with Gasteiger partial charge in [-0.2, -0.15) is 0 Å². The summed E-state index contributed by atoms with van der Waals surface area (Å²) in [5, 5.41) is 15.9. The van der Waals surface area contributed by atoms with Crippen molar-refractivity contribution in [3.8, 4) is 0 Å². The van der Waals surface area contributed by atoms with E-state index in [0.29, 0.717) is 5.92 Å². The predicted octanol–water partition coefficient (Wildman–Crippen LogP) is 1.86. The molecule has 0 saturated carbocycles. The Hall–Kier alpha value is -1.35. The number of piperidine rings is 1. The first-order chi connectivity index (χ1) is 7.42. The van der Waals surface area contributed by atoms with E-state index in [0.717, 1.165) is 37.2 Å². The number of hydrogen-bond donors (Lipinski definition) is 2. The lowest BCUT2D eigenvalue weighted by Gasteiger charge is -2.23. The largest absolute Gasteiger partial charge is 0.411 e. The number of oxime groups is 1. The highest BCUT2D eigenvalue weighted by Gasteiger charge is 2.20. The van der Waals surface area contributed by atoms with E-state index >= 15 is 0 Å². The maximum atomic E-state index is 9.10. The van der Waals surface area contributed by atoms with Gasteiger partial charge >= 0.3 is 0 Å².